The lowest BCUT2D eigenvalue weighted by Gasteiger charge is -2.26. The zero-order valence-electron chi connectivity index (χ0n) is 10.5. The van der Waals surface area contributed by atoms with Gasteiger partial charge in [-0.3, -0.25) is 9.98 Å². The molecule has 0 unspecified atom stereocenters. The van der Waals surface area contributed by atoms with Crippen molar-refractivity contribution in [2.24, 2.45) is 9.98 Å². The highest BCUT2D eigenvalue weighted by Gasteiger charge is 2.34. The van der Waals surface area contributed by atoms with Gasteiger partial charge >= 0.3 is 0 Å². The summed E-state index contributed by atoms with van der Waals surface area (Å²) in [5.41, 5.74) is 0. The third-order valence-corrected chi connectivity index (χ3v) is 4.00. The third kappa shape index (κ3) is 1.61. The predicted octanol–water partition coefficient (Wildman–Crippen LogP) is -1.91. The Kier molecular flexibility index (Phi) is 2.77. The van der Waals surface area contributed by atoms with E-state index in [9.17, 15) is 0 Å². The molecule has 18 heavy (non-hydrogen) atoms. The number of hydrogen-bond acceptors (Lipinski definition) is 6. The van der Waals surface area contributed by atoms with Gasteiger partial charge in [-0.1, -0.05) is 0 Å². The molecule has 4 heterocycles. The number of nitrogens with zero attached hydrogens (tertiary/aromatic N) is 6. The zero-order valence-corrected chi connectivity index (χ0v) is 10.5. The molecular formula is C11H20N6O. The van der Waals surface area contributed by atoms with E-state index < -0.39 is 0 Å². The minimum Gasteiger partial charge on any atom is -0.412 e. The molecule has 0 aromatic heterocycles. The molecule has 0 aromatic rings. The molecule has 4 rings (SSSR count). The SMILES string of the molecule is C1CN2CCN(CN3CCN4CCN=C43)C2=N1.O. The molecule has 0 amide bonds. The summed E-state index contributed by atoms with van der Waals surface area (Å²) in [5.74, 6) is 2.42. The Morgan fingerprint density at radius 2 is 1.22 bits per heavy atom. The van der Waals surface area contributed by atoms with Crippen LogP contribution in [0.15, 0.2) is 9.98 Å². The van der Waals surface area contributed by atoms with E-state index in [4.69, 9.17) is 0 Å². The second-order valence-electron chi connectivity index (χ2n) is 5.01. The first-order chi connectivity index (χ1) is 8.42. The Hall–Kier alpha value is -1.50. The van der Waals surface area contributed by atoms with E-state index in [2.05, 4.69) is 29.6 Å². The molecule has 2 saturated heterocycles. The lowest BCUT2D eigenvalue weighted by Crippen LogP contribution is -2.42. The summed E-state index contributed by atoms with van der Waals surface area (Å²) >= 11 is 0. The molecule has 0 radical (unpaired) electrons. The maximum atomic E-state index is 4.60. The van der Waals surface area contributed by atoms with Crippen molar-refractivity contribution >= 4 is 11.9 Å². The standard InChI is InChI=1S/C11H18N6.H2O/c1-3-14-5-7-16(10(14)12-1)9-17-8-6-15-4-2-13-11(15)17;/h1-9H2;1H2. The second-order valence-corrected chi connectivity index (χ2v) is 5.01. The molecule has 4 aliphatic heterocycles. The molecule has 0 aliphatic carbocycles. The van der Waals surface area contributed by atoms with Crippen molar-refractivity contribution in [2.75, 3.05) is 59.0 Å². The summed E-state index contributed by atoms with van der Waals surface area (Å²) in [5, 5.41) is 0. The first kappa shape index (κ1) is 11.6. The second kappa shape index (κ2) is 4.31. The molecule has 0 saturated carbocycles. The lowest BCUT2D eigenvalue weighted by molar-refractivity contribution is 0.305. The van der Waals surface area contributed by atoms with Crippen molar-refractivity contribution in [2.45, 2.75) is 0 Å². The summed E-state index contributed by atoms with van der Waals surface area (Å²) in [7, 11) is 0. The normalized spacial score (nSPS) is 25.1. The van der Waals surface area contributed by atoms with E-state index in [1.807, 2.05) is 0 Å². The zero-order chi connectivity index (χ0) is 11.2. The van der Waals surface area contributed by atoms with E-state index in [0.717, 1.165) is 59.0 Å². The molecule has 2 fully saturated rings. The van der Waals surface area contributed by atoms with Crippen LogP contribution in [-0.2, 0) is 0 Å². The van der Waals surface area contributed by atoms with Crippen molar-refractivity contribution in [3.63, 3.8) is 0 Å². The minimum absolute atomic E-state index is 0. The van der Waals surface area contributed by atoms with E-state index in [-0.39, 0.29) is 5.48 Å². The quantitative estimate of drug-likeness (QED) is 0.575. The van der Waals surface area contributed by atoms with Gasteiger partial charge in [0.1, 0.15) is 0 Å². The highest BCUT2D eigenvalue weighted by molar-refractivity contribution is 5.86. The monoisotopic (exact) mass is 252 g/mol. The van der Waals surface area contributed by atoms with Crippen molar-refractivity contribution < 1.29 is 5.48 Å². The van der Waals surface area contributed by atoms with Gasteiger partial charge < -0.3 is 25.1 Å². The Labute approximate surface area is 107 Å². The minimum atomic E-state index is 0. The van der Waals surface area contributed by atoms with Gasteiger partial charge in [-0.25, -0.2) is 0 Å². The van der Waals surface area contributed by atoms with Gasteiger partial charge in [-0.2, -0.15) is 0 Å². The van der Waals surface area contributed by atoms with Gasteiger partial charge in [0.05, 0.1) is 19.8 Å². The molecule has 0 aromatic carbocycles. The van der Waals surface area contributed by atoms with Crippen LogP contribution in [0, 0.1) is 0 Å². The Morgan fingerprint density at radius 1 is 0.722 bits per heavy atom. The topological polar surface area (TPSA) is 69.2 Å². The Bertz CT molecular complexity index is 359. The average molecular weight is 252 g/mol. The molecule has 7 heteroatoms. The molecule has 0 spiro atoms. The summed E-state index contributed by atoms with van der Waals surface area (Å²) in [6, 6.07) is 0. The highest BCUT2D eigenvalue weighted by atomic mass is 16.0. The van der Waals surface area contributed by atoms with Crippen molar-refractivity contribution in [3.8, 4) is 0 Å². The van der Waals surface area contributed by atoms with Crippen LogP contribution in [0.25, 0.3) is 0 Å². The van der Waals surface area contributed by atoms with Crippen LogP contribution < -0.4 is 0 Å². The molecule has 0 bridgehead atoms. The van der Waals surface area contributed by atoms with Crippen LogP contribution in [0.3, 0.4) is 0 Å². The van der Waals surface area contributed by atoms with Gasteiger partial charge in [-0.15, -0.1) is 0 Å². The van der Waals surface area contributed by atoms with Crippen LogP contribution in [-0.4, -0.2) is 96.0 Å². The van der Waals surface area contributed by atoms with E-state index in [0.29, 0.717) is 0 Å². The number of hydrogen-bond donors (Lipinski definition) is 0. The number of aliphatic imine (C=N–C) groups is 2. The lowest BCUT2D eigenvalue weighted by atomic mass is 10.5. The Morgan fingerprint density at radius 3 is 1.72 bits per heavy atom. The number of rotatable bonds is 2. The fraction of sp³-hybridized carbons (Fsp3) is 0.818. The van der Waals surface area contributed by atoms with Crippen LogP contribution in [0.5, 0.6) is 0 Å². The van der Waals surface area contributed by atoms with Crippen molar-refractivity contribution in [1.29, 1.82) is 0 Å². The van der Waals surface area contributed by atoms with Crippen molar-refractivity contribution in [1.82, 2.24) is 19.6 Å². The van der Waals surface area contributed by atoms with E-state index in [1.54, 1.807) is 0 Å². The van der Waals surface area contributed by atoms with Crippen LogP contribution in [0.4, 0.5) is 0 Å². The number of guanidine groups is 2. The van der Waals surface area contributed by atoms with Gasteiger partial charge in [-0.05, 0) is 0 Å². The molecular weight excluding hydrogens is 232 g/mol. The molecule has 4 aliphatic rings. The van der Waals surface area contributed by atoms with Gasteiger partial charge in [0.15, 0.2) is 11.9 Å². The third-order valence-electron chi connectivity index (χ3n) is 4.00. The summed E-state index contributed by atoms with van der Waals surface area (Å²) in [4.78, 5) is 18.8. The first-order valence-electron chi connectivity index (χ1n) is 6.50. The first-order valence-corrected chi connectivity index (χ1v) is 6.50. The van der Waals surface area contributed by atoms with Gasteiger partial charge in [0.2, 0.25) is 0 Å². The largest absolute Gasteiger partial charge is 0.412 e. The van der Waals surface area contributed by atoms with Gasteiger partial charge in [0.25, 0.3) is 0 Å². The van der Waals surface area contributed by atoms with Gasteiger partial charge in [0, 0.05) is 39.3 Å². The predicted molar refractivity (Wildman–Crippen MR) is 69.6 cm³/mol. The Balaban J connectivity index is 0.000001000. The fourth-order valence-electron chi connectivity index (χ4n) is 3.12. The average Bonchev–Trinajstić information content (AvgIpc) is 3.03. The van der Waals surface area contributed by atoms with Crippen LogP contribution in [0.1, 0.15) is 0 Å². The summed E-state index contributed by atoms with van der Waals surface area (Å²) in [6.07, 6.45) is 0. The van der Waals surface area contributed by atoms with Crippen molar-refractivity contribution in [3.05, 3.63) is 0 Å². The summed E-state index contributed by atoms with van der Waals surface area (Å²) in [6.45, 7) is 9.64. The molecule has 2 N–H and O–H groups in total. The molecule has 7 nitrogen and oxygen atoms in total. The maximum absolute atomic E-state index is 4.60. The molecule has 100 valence electrons. The summed E-state index contributed by atoms with van der Waals surface area (Å²) < 4.78 is 0. The smallest absolute Gasteiger partial charge is 0.198 e. The van der Waals surface area contributed by atoms with Crippen LogP contribution in [0.2, 0.25) is 0 Å². The van der Waals surface area contributed by atoms with E-state index in [1.165, 1.54) is 11.9 Å². The maximum Gasteiger partial charge on any atom is 0.198 e. The number of fused-ring (bicyclic) bond motifs is 2. The van der Waals surface area contributed by atoms with Crippen LogP contribution >= 0.6 is 0 Å². The molecule has 0 atom stereocenters. The highest BCUT2D eigenvalue weighted by Crippen LogP contribution is 2.18. The van der Waals surface area contributed by atoms with E-state index >= 15 is 0 Å². The fourth-order valence-corrected chi connectivity index (χ4v) is 3.12.